The molecule has 0 bridgehead atoms. The van der Waals surface area contributed by atoms with Gasteiger partial charge in [0.1, 0.15) is 18.8 Å². The lowest BCUT2D eigenvalue weighted by molar-refractivity contribution is -0.169. The lowest BCUT2D eigenvalue weighted by Crippen LogP contribution is -2.71. The quantitative estimate of drug-likeness (QED) is 0.402. The number of hydrogen-bond donors (Lipinski definition) is 1. The average molecular weight is 549 g/mol. The van der Waals surface area contributed by atoms with Crippen LogP contribution in [0.5, 0.6) is 0 Å². The van der Waals surface area contributed by atoms with Crippen LogP contribution < -0.4 is 5.48 Å². The van der Waals surface area contributed by atoms with E-state index in [0.717, 1.165) is 17.7 Å². The highest BCUT2D eigenvalue weighted by Gasteiger charge is 2.48. The van der Waals surface area contributed by atoms with Gasteiger partial charge in [-0.15, -0.1) is 0 Å². The summed E-state index contributed by atoms with van der Waals surface area (Å²) in [5, 5.41) is 0. The van der Waals surface area contributed by atoms with Gasteiger partial charge in [-0.25, -0.2) is 10.3 Å². The van der Waals surface area contributed by atoms with Gasteiger partial charge < -0.3 is 19.4 Å². The van der Waals surface area contributed by atoms with Crippen LogP contribution >= 0.6 is 0 Å². The van der Waals surface area contributed by atoms with E-state index in [-0.39, 0.29) is 49.9 Å². The molecule has 2 atom stereocenters. The fourth-order valence-electron chi connectivity index (χ4n) is 5.05. The number of alkyl halides is 3. The molecule has 0 aliphatic carbocycles. The van der Waals surface area contributed by atoms with Crippen molar-refractivity contribution in [3.63, 3.8) is 0 Å². The Morgan fingerprint density at radius 3 is 2.54 bits per heavy atom. The van der Waals surface area contributed by atoms with Gasteiger partial charge in [-0.2, -0.15) is 13.2 Å². The Labute approximate surface area is 224 Å². The third kappa shape index (κ3) is 6.69. The molecule has 2 aliphatic rings. The van der Waals surface area contributed by atoms with Gasteiger partial charge in [0, 0.05) is 26.1 Å². The second-order valence-electron chi connectivity index (χ2n) is 9.59. The van der Waals surface area contributed by atoms with E-state index >= 15 is 0 Å². The molecule has 3 amide bonds. The van der Waals surface area contributed by atoms with Gasteiger partial charge in [-0.05, 0) is 36.6 Å². The summed E-state index contributed by atoms with van der Waals surface area (Å²) >= 11 is 0. The van der Waals surface area contributed by atoms with Gasteiger partial charge in [0.25, 0.3) is 0 Å². The molecule has 2 aromatic carbocycles. The molecule has 12 heteroatoms. The van der Waals surface area contributed by atoms with Crippen LogP contribution in [0, 0.1) is 6.92 Å². The van der Waals surface area contributed by atoms with E-state index < -0.39 is 30.0 Å². The number of fused-ring (bicyclic) bond motifs is 1. The second kappa shape index (κ2) is 12.0. The third-order valence-corrected chi connectivity index (χ3v) is 6.79. The normalized spacial score (nSPS) is 19.8. The zero-order valence-corrected chi connectivity index (χ0v) is 21.7. The van der Waals surface area contributed by atoms with Crippen LogP contribution in [-0.2, 0) is 38.5 Å². The summed E-state index contributed by atoms with van der Waals surface area (Å²) in [7, 11) is 1.45. The molecule has 2 aliphatic heterocycles. The SMILES string of the molecule is CONCC[C@H]1C(=O)N(Cc2ccccc2)C[C@@H]2N(C(=O)OCc3cc(C)cc(C(F)(F)F)c3)CCC(=O)N21. The van der Waals surface area contributed by atoms with Crippen molar-refractivity contribution < 1.29 is 37.1 Å². The zero-order chi connectivity index (χ0) is 28.2. The van der Waals surface area contributed by atoms with Crippen LogP contribution in [-0.4, -0.2) is 71.6 Å². The molecule has 0 saturated carbocycles. The topological polar surface area (TPSA) is 91.4 Å². The first-order valence-electron chi connectivity index (χ1n) is 12.6. The Hall–Kier alpha value is -3.64. The Kier molecular flexibility index (Phi) is 8.76. The van der Waals surface area contributed by atoms with Crippen LogP contribution in [0.2, 0.25) is 0 Å². The minimum atomic E-state index is -4.53. The number of amides is 3. The van der Waals surface area contributed by atoms with Crippen LogP contribution in [0.25, 0.3) is 0 Å². The van der Waals surface area contributed by atoms with Gasteiger partial charge in [-0.1, -0.05) is 42.0 Å². The van der Waals surface area contributed by atoms with E-state index in [4.69, 9.17) is 9.57 Å². The molecule has 9 nitrogen and oxygen atoms in total. The number of hydroxylamine groups is 1. The van der Waals surface area contributed by atoms with Gasteiger partial charge in [0.05, 0.1) is 19.2 Å². The maximum atomic E-state index is 13.5. The van der Waals surface area contributed by atoms with Crippen molar-refractivity contribution >= 4 is 17.9 Å². The molecule has 4 rings (SSSR count). The minimum Gasteiger partial charge on any atom is -0.444 e. The number of piperazine rings is 1. The van der Waals surface area contributed by atoms with Crippen molar-refractivity contribution in [2.24, 2.45) is 0 Å². The van der Waals surface area contributed by atoms with Crippen LogP contribution in [0.4, 0.5) is 18.0 Å². The molecule has 39 heavy (non-hydrogen) atoms. The first kappa shape index (κ1) is 28.4. The van der Waals surface area contributed by atoms with E-state index in [0.29, 0.717) is 18.7 Å². The van der Waals surface area contributed by atoms with Gasteiger partial charge >= 0.3 is 12.3 Å². The molecule has 0 unspecified atom stereocenters. The predicted molar refractivity (Wildman–Crippen MR) is 134 cm³/mol. The van der Waals surface area contributed by atoms with E-state index in [1.807, 2.05) is 30.3 Å². The summed E-state index contributed by atoms with van der Waals surface area (Å²) in [6.45, 7) is 1.89. The number of aryl methyl sites for hydroxylation is 1. The number of rotatable bonds is 8. The molecular formula is C27H31F3N4O5. The van der Waals surface area contributed by atoms with Crippen molar-refractivity contribution in [1.29, 1.82) is 0 Å². The molecule has 0 radical (unpaired) electrons. The zero-order valence-electron chi connectivity index (χ0n) is 21.7. The standard InChI is InChI=1S/C27H31F3N4O5/c1-18-12-20(14-21(13-18)27(28,29)30)17-39-26(37)33-11-9-24(35)34-22(8-10-31-38-2)25(36)32(16-23(33)34)15-19-6-4-3-5-7-19/h3-7,12-14,22-23,31H,8-11,15-17H2,1-2H3/t22-,23+/m0/s1. The number of benzene rings is 2. The summed E-state index contributed by atoms with van der Waals surface area (Å²) in [4.78, 5) is 49.0. The molecule has 0 aromatic heterocycles. The summed E-state index contributed by atoms with van der Waals surface area (Å²) in [5.74, 6) is -0.497. The van der Waals surface area contributed by atoms with Gasteiger partial charge in [-0.3, -0.25) is 14.5 Å². The summed E-state index contributed by atoms with van der Waals surface area (Å²) in [6.07, 6.45) is -5.82. The largest absolute Gasteiger partial charge is 0.444 e. The van der Waals surface area contributed by atoms with E-state index in [2.05, 4.69) is 5.48 Å². The fourth-order valence-corrected chi connectivity index (χ4v) is 5.05. The smallest absolute Gasteiger partial charge is 0.416 e. The molecule has 2 heterocycles. The number of halogens is 3. The van der Waals surface area contributed by atoms with Crippen LogP contribution in [0.1, 0.15) is 35.1 Å². The van der Waals surface area contributed by atoms with Gasteiger partial charge in [0.15, 0.2) is 0 Å². The predicted octanol–water partition coefficient (Wildman–Crippen LogP) is 3.46. The molecule has 2 saturated heterocycles. The third-order valence-electron chi connectivity index (χ3n) is 6.79. The first-order valence-corrected chi connectivity index (χ1v) is 12.6. The lowest BCUT2D eigenvalue weighted by Gasteiger charge is -2.51. The Morgan fingerprint density at radius 1 is 1.10 bits per heavy atom. The molecule has 2 fully saturated rings. The van der Waals surface area contributed by atoms with Crippen molar-refractivity contribution in [3.8, 4) is 0 Å². The number of ether oxygens (including phenoxy) is 1. The Morgan fingerprint density at radius 2 is 1.85 bits per heavy atom. The van der Waals surface area contributed by atoms with E-state index in [1.165, 1.54) is 29.9 Å². The van der Waals surface area contributed by atoms with E-state index in [1.54, 1.807) is 4.90 Å². The molecule has 210 valence electrons. The molecule has 2 aromatic rings. The molecule has 0 spiro atoms. The molecular weight excluding hydrogens is 517 g/mol. The Balaban J connectivity index is 1.55. The highest BCUT2D eigenvalue weighted by Crippen LogP contribution is 2.31. The lowest BCUT2D eigenvalue weighted by atomic mass is 10.0. The summed E-state index contributed by atoms with van der Waals surface area (Å²) in [5.41, 5.74) is 3.35. The number of nitrogens with zero attached hydrogens (tertiary/aromatic N) is 3. The first-order chi connectivity index (χ1) is 18.6. The number of carbonyl (C=O) groups is 3. The summed E-state index contributed by atoms with van der Waals surface area (Å²) < 4.78 is 45.1. The van der Waals surface area contributed by atoms with Crippen molar-refractivity contribution in [2.75, 3.05) is 26.7 Å². The monoisotopic (exact) mass is 548 g/mol. The Bertz CT molecular complexity index is 1190. The fraction of sp³-hybridized carbons (Fsp3) is 0.444. The van der Waals surface area contributed by atoms with Crippen molar-refractivity contribution in [3.05, 3.63) is 70.8 Å². The van der Waals surface area contributed by atoms with Crippen molar-refractivity contribution in [2.45, 2.75) is 51.3 Å². The maximum absolute atomic E-state index is 13.5. The minimum absolute atomic E-state index is 0.00552. The number of hydrogen-bond acceptors (Lipinski definition) is 6. The van der Waals surface area contributed by atoms with Gasteiger partial charge in [0.2, 0.25) is 11.8 Å². The van der Waals surface area contributed by atoms with Crippen molar-refractivity contribution in [1.82, 2.24) is 20.2 Å². The van der Waals surface area contributed by atoms with Crippen LogP contribution in [0.15, 0.2) is 48.5 Å². The maximum Gasteiger partial charge on any atom is 0.416 e. The number of carbonyl (C=O) groups excluding carboxylic acids is 3. The summed E-state index contributed by atoms with van der Waals surface area (Å²) in [6, 6.07) is 12.0. The second-order valence-corrected chi connectivity index (χ2v) is 9.59. The highest BCUT2D eigenvalue weighted by atomic mass is 19.4. The molecule has 1 N–H and O–H groups in total. The average Bonchev–Trinajstić information content (AvgIpc) is 2.89. The van der Waals surface area contributed by atoms with E-state index in [9.17, 15) is 27.6 Å². The number of nitrogens with one attached hydrogen (secondary N) is 1. The highest BCUT2D eigenvalue weighted by molar-refractivity contribution is 5.90. The van der Waals surface area contributed by atoms with Crippen LogP contribution in [0.3, 0.4) is 0 Å².